The van der Waals surface area contributed by atoms with E-state index in [1.807, 2.05) is 12.1 Å². The summed E-state index contributed by atoms with van der Waals surface area (Å²) in [7, 11) is 0. The van der Waals surface area contributed by atoms with Gasteiger partial charge >= 0.3 is 5.97 Å². The van der Waals surface area contributed by atoms with Crippen molar-refractivity contribution in [1.82, 2.24) is 0 Å². The predicted octanol–water partition coefficient (Wildman–Crippen LogP) is 9.24. The van der Waals surface area contributed by atoms with E-state index in [4.69, 9.17) is 9.47 Å². The number of benzene rings is 2. The van der Waals surface area contributed by atoms with Crippen LogP contribution in [-0.4, -0.2) is 18.9 Å². The summed E-state index contributed by atoms with van der Waals surface area (Å²) in [6.45, 7) is 20.3. The first-order chi connectivity index (χ1) is 17.9. The van der Waals surface area contributed by atoms with E-state index in [2.05, 4.69) is 86.6 Å². The van der Waals surface area contributed by atoms with Crippen LogP contribution < -0.4 is 4.74 Å². The molecule has 0 N–H and O–H groups in total. The summed E-state index contributed by atoms with van der Waals surface area (Å²) in [4.78, 5) is 23.1. The highest BCUT2D eigenvalue weighted by Crippen LogP contribution is 2.53. The maximum Gasteiger partial charge on any atom is 0.312 e. The molecule has 0 aromatic heterocycles. The number of ether oxygens (including phenoxy) is 2. The molecule has 0 bridgehead atoms. The molecular formula is C34H52O4. The quantitative estimate of drug-likeness (QED) is 0.149. The maximum absolute atomic E-state index is 12.6. The van der Waals surface area contributed by atoms with E-state index in [-0.39, 0.29) is 16.8 Å². The molecule has 1 unspecified atom stereocenters. The van der Waals surface area contributed by atoms with Gasteiger partial charge in [0.25, 0.3) is 0 Å². The van der Waals surface area contributed by atoms with Gasteiger partial charge in [-0.2, -0.15) is 0 Å². The summed E-state index contributed by atoms with van der Waals surface area (Å²) < 4.78 is 11.2. The topological polar surface area (TPSA) is 52.6 Å². The molecule has 4 nitrogen and oxygen atoms in total. The molecule has 2 aromatic carbocycles. The molecule has 1 atom stereocenters. The third kappa shape index (κ3) is 9.60. The van der Waals surface area contributed by atoms with Gasteiger partial charge in [-0.1, -0.05) is 92.5 Å². The van der Waals surface area contributed by atoms with Crippen molar-refractivity contribution in [3.05, 3.63) is 65.2 Å². The predicted molar refractivity (Wildman–Crippen MR) is 159 cm³/mol. The fourth-order valence-corrected chi connectivity index (χ4v) is 4.40. The lowest BCUT2D eigenvalue weighted by molar-refractivity contribution is -0.174. The Morgan fingerprint density at radius 2 is 1.34 bits per heavy atom. The van der Waals surface area contributed by atoms with Gasteiger partial charge in [0.2, 0.25) is 0 Å². The molecule has 0 radical (unpaired) electrons. The molecule has 38 heavy (non-hydrogen) atoms. The van der Waals surface area contributed by atoms with Gasteiger partial charge < -0.3 is 9.47 Å². The Labute approximate surface area is 232 Å². The Morgan fingerprint density at radius 3 is 1.82 bits per heavy atom. The minimum atomic E-state index is -0.470. The molecule has 0 spiro atoms. The number of hydrogen-bond donors (Lipinski definition) is 0. The fourth-order valence-electron chi connectivity index (χ4n) is 4.40. The van der Waals surface area contributed by atoms with Crippen LogP contribution in [0.4, 0.5) is 0 Å². The number of carbonyl (C=O) groups excluding carboxylic acids is 2. The van der Waals surface area contributed by atoms with Crippen molar-refractivity contribution < 1.29 is 19.1 Å². The van der Waals surface area contributed by atoms with E-state index >= 15 is 0 Å². The standard InChI is InChI=1S/C18H20O2.C16H32O2/c1-2-3-4-15-5-7-17(8-6-15)14-20-18-11-9-16(13-19)10-12-18;1-9-11-12-18-13(17)16(8,14(3,4)5)15(6,7)10-2/h5-13H,2-4,14H2,1H3;9-12H2,1-8H3. The minimum absolute atomic E-state index is 0.0460. The van der Waals surface area contributed by atoms with Crippen molar-refractivity contribution >= 4 is 12.3 Å². The van der Waals surface area contributed by atoms with Crippen LogP contribution in [0.5, 0.6) is 5.75 Å². The third-order valence-electron chi connectivity index (χ3n) is 8.14. The van der Waals surface area contributed by atoms with Crippen LogP contribution >= 0.6 is 0 Å². The number of aryl methyl sites for hydroxylation is 1. The molecule has 0 saturated carbocycles. The van der Waals surface area contributed by atoms with E-state index in [1.165, 1.54) is 18.4 Å². The first kappa shape index (κ1) is 33.4. The van der Waals surface area contributed by atoms with Crippen LogP contribution in [0.25, 0.3) is 0 Å². The Morgan fingerprint density at radius 1 is 0.789 bits per heavy atom. The number of rotatable bonds is 13. The second kappa shape index (κ2) is 15.7. The van der Waals surface area contributed by atoms with Crippen LogP contribution in [0.1, 0.15) is 116 Å². The molecule has 0 fully saturated rings. The number of carbonyl (C=O) groups is 2. The normalized spacial score (nSPS) is 13.1. The third-order valence-corrected chi connectivity index (χ3v) is 8.14. The van der Waals surface area contributed by atoms with E-state index < -0.39 is 5.41 Å². The zero-order chi connectivity index (χ0) is 28.8. The van der Waals surface area contributed by atoms with Crippen LogP contribution in [0.3, 0.4) is 0 Å². The number of aldehydes is 1. The van der Waals surface area contributed by atoms with Crippen LogP contribution in [0.2, 0.25) is 0 Å². The highest BCUT2D eigenvalue weighted by Gasteiger charge is 2.54. The smallest absolute Gasteiger partial charge is 0.312 e. The molecule has 0 heterocycles. The van der Waals surface area contributed by atoms with Crippen molar-refractivity contribution in [3.63, 3.8) is 0 Å². The van der Waals surface area contributed by atoms with E-state index in [1.54, 1.807) is 12.1 Å². The van der Waals surface area contributed by atoms with Gasteiger partial charge in [0.15, 0.2) is 0 Å². The summed E-state index contributed by atoms with van der Waals surface area (Å²) in [6, 6.07) is 15.7. The first-order valence-corrected chi connectivity index (χ1v) is 14.3. The number of hydrogen-bond acceptors (Lipinski definition) is 4. The molecule has 212 valence electrons. The highest BCUT2D eigenvalue weighted by molar-refractivity contribution is 5.78. The van der Waals surface area contributed by atoms with Crippen LogP contribution in [0, 0.1) is 16.2 Å². The van der Waals surface area contributed by atoms with Gasteiger partial charge in [-0.25, -0.2) is 0 Å². The second-order valence-corrected chi connectivity index (χ2v) is 12.0. The average Bonchev–Trinajstić information content (AvgIpc) is 2.90. The average molecular weight is 525 g/mol. The largest absolute Gasteiger partial charge is 0.489 e. The Hall–Kier alpha value is -2.62. The molecule has 2 aromatic rings. The summed E-state index contributed by atoms with van der Waals surface area (Å²) in [5.74, 6) is 0.737. The summed E-state index contributed by atoms with van der Waals surface area (Å²) >= 11 is 0. The van der Waals surface area contributed by atoms with Crippen molar-refractivity contribution in [1.29, 1.82) is 0 Å². The van der Waals surface area contributed by atoms with Crippen molar-refractivity contribution in [3.8, 4) is 5.75 Å². The van der Waals surface area contributed by atoms with Crippen molar-refractivity contribution in [2.24, 2.45) is 16.2 Å². The maximum atomic E-state index is 12.6. The van der Waals surface area contributed by atoms with Crippen molar-refractivity contribution in [2.75, 3.05) is 6.61 Å². The van der Waals surface area contributed by atoms with E-state index in [0.29, 0.717) is 18.8 Å². The Kier molecular flexibility index (Phi) is 13.8. The SMILES string of the molecule is CCCCOC(=O)C(C)(C(C)(C)C)C(C)(C)CC.CCCCc1ccc(COc2ccc(C=O)cc2)cc1. The van der Waals surface area contributed by atoms with Crippen LogP contribution in [0.15, 0.2) is 48.5 Å². The number of unbranched alkanes of at least 4 members (excludes halogenated alkanes) is 2. The molecule has 0 aliphatic rings. The zero-order valence-corrected chi connectivity index (χ0v) is 25.5. The van der Waals surface area contributed by atoms with Gasteiger partial charge in [0.05, 0.1) is 12.0 Å². The van der Waals surface area contributed by atoms with Gasteiger partial charge in [-0.3, -0.25) is 9.59 Å². The molecule has 2 rings (SSSR count). The highest BCUT2D eigenvalue weighted by atomic mass is 16.5. The molecule has 0 saturated heterocycles. The molecule has 0 amide bonds. The molecule has 4 heteroatoms. The minimum Gasteiger partial charge on any atom is -0.489 e. The van der Waals surface area contributed by atoms with E-state index in [9.17, 15) is 9.59 Å². The molecule has 0 aliphatic heterocycles. The zero-order valence-electron chi connectivity index (χ0n) is 25.5. The van der Waals surface area contributed by atoms with E-state index in [0.717, 1.165) is 43.3 Å². The van der Waals surface area contributed by atoms with Crippen LogP contribution in [-0.2, 0) is 22.6 Å². The Bertz CT molecular complexity index is 951. The monoisotopic (exact) mass is 524 g/mol. The molecular weight excluding hydrogens is 472 g/mol. The summed E-state index contributed by atoms with van der Waals surface area (Å²) in [5.41, 5.74) is 2.54. The lowest BCUT2D eigenvalue weighted by Crippen LogP contribution is -2.51. The Balaban J connectivity index is 0.000000383. The van der Waals surface area contributed by atoms with Gasteiger partial charge in [-0.15, -0.1) is 0 Å². The van der Waals surface area contributed by atoms with Crippen molar-refractivity contribution in [2.45, 2.75) is 107 Å². The molecule has 0 aliphatic carbocycles. The summed E-state index contributed by atoms with van der Waals surface area (Å²) in [5, 5.41) is 0. The van der Waals surface area contributed by atoms with Gasteiger partial charge in [0, 0.05) is 5.56 Å². The lowest BCUT2D eigenvalue weighted by atomic mass is 9.53. The number of esters is 1. The van der Waals surface area contributed by atoms with Gasteiger partial charge in [-0.05, 0) is 78.8 Å². The summed E-state index contributed by atoms with van der Waals surface area (Å²) in [6.07, 6.45) is 7.39. The fraction of sp³-hybridized carbons (Fsp3) is 0.588. The van der Waals surface area contributed by atoms with Gasteiger partial charge in [0.1, 0.15) is 18.6 Å². The second-order valence-electron chi connectivity index (χ2n) is 12.0. The lowest BCUT2D eigenvalue weighted by Gasteiger charge is -2.50. The first-order valence-electron chi connectivity index (χ1n) is 14.3.